The summed E-state index contributed by atoms with van der Waals surface area (Å²) in [5.74, 6) is -1.23. The lowest BCUT2D eigenvalue weighted by molar-refractivity contribution is -0.138. The van der Waals surface area contributed by atoms with Crippen LogP contribution in [0.3, 0.4) is 0 Å². The van der Waals surface area contributed by atoms with Crippen molar-refractivity contribution in [1.29, 1.82) is 0 Å². The summed E-state index contributed by atoms with van der Waals surface area (Å²) in [5, 5.41) is 14.1. The molecule has 2 heterocycles. The molecule has 1 aliphatic rings. The number of carbonyl (C=O) groups excluding carboxylic acids is 2. The fourth-order valence-corrected chi connectivity index (χ4v) is 2.00. The highest BCUT2D eigenvalue weighted by atomic mass is 16.4. The molecular formula is C14H16N4O4. The number of aromatic amines is 1. The number of carboxylic acids is 1. The quantitative estimate of drug-likeness (QED) is 0.506. The number of rotatable bonds is 3. The Morgan fingerprint density at radius 2 is 2.05 bits per heavy atom. The van der Waals surface area contributed by atoms with Gasteiger partial charge in [-0.05, 0) is 11.6 Å². The van der Waals surface area contributed by atoms with Crippen molar-refractivity contribution < 1.29 is 19.5 Å². The topological polar surface area (TPSA) is 137 Å². The van der Waals surface area contributed by atoms with E-state index in [9.17, 15) is 14.4 Å². The molecule has 1 aromatic carbocycles. The summed E-state index contributed by atoms with van der Waals surface area (Å²) in [5.41, 5.74) is 7.43. The van der Waals surface area contributed by atoms with Crippen molar-refractivity contribution in [3.05, 3.63) is 36.0 Å². The maximum atomic E-state index is 10.6. The average molecular weight is 304 g/mol. The number of H-pyrrole nitrogens is 1. The maximum absolute atomic E-state index is 10.6. The summed E-state index contributed by atoms with van der Waals surface area (Å²) in [6.45, 7) is 0.124. The lowest BCUT2D eigenvalue weighted by Crippen LogP contribution is -2.32. The monoisotopic (exact) mass is 304 g/mol. The Hall–Kier alpha value is -2.87. The molecule has 22 heavy (non-hydrogen) atoms. The van der Waals surface area contributed by atoms with Gasteiger partial charge in [0, 0.05) is 23.5 Å². The second-order valence-electron chi connectivity index (χ2n) is 4.74. The first-order valence-corrected chi connectivity index (χ1v) is 6.58. The zero-order valence-electron chi connectivity index (χ0n) is 11.6. The Bertz CT molecular complexity index is 696. The molecule has 3 rings (SSSR count). The van der Waals surface area contributed by atoms with E-state index in [1.54, 1.807) is 0 Å². The number of imide groups is 1. The van der Waals surface area contributed by atoms with E-state index >= 15 is 0 Å². The number of hydrogen-bond donors (Lipinski definition) is 5. The number of carbonyl (C=O) groups is 3. The Kier molecular flexibility index (Phi) is 4.74. The van der Waals surface area contributed by atoms with Gasteiger partial charge in [0.2, 0.25) is 5.91 Å². The molecule has 0 saturated carbocycles. The first-order chi connectivity index (χ1) is 10.5. The van der Waals surface area contributed by atoms with Crippen molar-refractivity contribution in [1.82, 2.24) is 15.6 Å². The Morgan fingerprint density at radius 3 is 2.59 bits per heavy atom. The lowest BCUT2D eigenvalue weighted by Gasteiger charge is -2.04. The molecule has 2 aromatic rings. The SMILES string of the molecule is N[C@@H](Cc1c[nH]c2ccccc12)C(=O)O.O=C1CNC(=O)N1. The van der Waals surface area contributed by atoms with Crippen LogP contribution < -0.4 is 16.4 Å². The number of benzene rings is 1. The lowest BCUT2D eigenvalue weighted by atomic mass is 10.1. The molecule has 0 unspecified atom stereocenters. The van der Waals surface area contributed by atoms with Gasteiger partial charge in [0.15, 0.2) is 0 Å². The van der Waals surface area contributed by atoms with Crippen LogP contribution in [0.2, 0.25) is 0 Å². The van der Waals surface area contributed by atoms with Crippen molar-refractivity contribution in [2.24, 2.45) is 5.73 Å². The van der Waals surface area contributed by atoms with Gasteiger partial charge in [0.1, 0.15) is 6.04 Å². The average Bonchev–Trinajstić information content (AvgIpc) is 3.06. The van der Waals surface area contributed by atoms with E-state index in [1.807, 2.05) is 35.8 Å². The molecule has 6 N–H and O–H groups in total. The van der Waals surface area contributed by atoms with Crippen LogP contribution in [0.15, 0.2) is 30.5 Å². The van der Waals surface area contributed by atoms with Gasteiger partial charge in [0.25, 0.3) is 0 Å². The molecular weight excluding hydrogens is 288 g/mol. The highest BCUT2D eigenvalue weighted by molar-refractivity contribution is 6.01. The number of hydrogen-bond acceptors (Lipinski definition) is 4. The van der Waals surface area contributed by atoms with Gasteiger partial charge in [-0.3, -0.25) is 14.9 Å². The van der Waals surface area contributed by atoms with Crippen LogP contribution in [0.1, 0.15) is 5.56 Å². The van der Waals surface area contributed by atoms with E-state index < -0.39 is 18.0 Å². The van der Waals surface area contributed by atoms with Crippen LogP contribution in [-0.2, 0) is 16.0 Å². The Labute approximate surface area is 125 Å². The van der Waals surface area contributed by atoms with E-state index in [-0.39, 0.29) is 12.5 Å². The standard InChI is InChI=1S/C11H12N2O2.C3H4N2O2/c12-9(11(14)15)5-7-6-13-10-4-2-1-3-8(7)10;6-2-1-4-3(7)5-2/h1-4,6,9,13H,5,12H2,(H,14,15);1H2,(H2,4,5,6,7)/t9-;/m0./s1. The van der Waals surface area contributed by atoms with E-state index in [0.717, 1.165) is 16.5 Å². The molecule has 8 heteroatoms. The molecule has 1 atom stereocenters. The highest BCUT2D eigenvalue weighted by Crippen LogP contribution is 2.18. The molecule has 0 aliphatic carbocycles. The zero-order chi connectivity index (χ0) is 16.1. The van der Waals surface area contributed by atoms with Crippen LogP contribution in [0.25, 0.3) is 10.9 Å². The molecule has 0 spiro atoms. The fraction of sp³-hybridized carbons (Fsp3) is 0.214. The van der Waals surface area contributed by atoms with Crippen molar-refractivity contribution in [3.63, 3.8) is 0 Å². The van der Waals surface area contributed by atoms with E-state index in [2.05, 4.69) is 10.3 Å². The molecule has 8 nitrogen and oxygen atoms in total. The highest BCUT2D eigenvalue weighted by Gasteiger charge is 2.14. The summed E-state index contributed by atoms with van der Waals surface area (Å²) < 4.78 is 0. The first kappa shape index (κ1) is 15.5. The Morgan fingerprint density at radius 1 is 1.32 bits per heavy atom. The molecule has 1 aromatic heterocycles. The number of nitrogens with one attached hydrogen (secondary N) is 3. The number of nitrogens with two attached hydrogens (primary N) is 1. The van der Waals surface area contributed by atoms with E-state index in [1.165, 1.54) is 0 Å². The van der Waals surface area contributed by atoms with Gasteiger partial charge >= 0.3 is 12.0 Å². The molecule has 1 fully saturated rings. The van der Waals surface area contributed by atoms with Crippen molar-refractivity contribution in [3.8, 4) is 0 Å². The van der Waals surface area contributed by atoms with E-state index in [0.29, 0.717) is 6.42 Å². The third-order valence-electron chi connectivity index (χ3n) is 3.09. The first-order valence-electron chi connectivity index (χ1n) is 6.58. The minimum Gasteiger partial charge on any atom is -0.480 e. The third-order valence-corrected chi connectivity index (χ3v) is 3.09. The molecule has 0 bridgehead atoms. The summed E-state index contributed by atoms with van der Waals surface area (Å²) in [6.07, 6.45) is 2.16. The smallest absolute Gasteiger partial charge is 0.321 e. The number of aliphatic carboxylic acids is 1. The third kappa shape index (κ3) is 3.83. The molecule has 3 amide bonds. The molecule has 1 saturated heterocycles. The van der Waals surface area contributed by atoms with Gasteiger partial charge in [-0.15, -0.1) is 0 Å². The molecule has 116 valence electrons. The van der Waals surface area contributed by atoms with Crippen molar-refractivity contribution >= 4 is 28.8 Å². The normalized spacial score (nSPS) is 14.8. The van der Waals surface area contributed by atoms with Crippen LogP contribution in [0, 0.1) is 0 Å². The zero-order valence-corrected chi connectivity index (χ0v) is 11.6. The number of fused-ring (bicyclic) bond motifs is 1. The van der Waals surface area contributed by atoms with Gasteiger partial charge in [-0.2, -0.15) is 0 Å². The number of aromatic nitrogens is 1. The largest absolute Gasteiger partial charge is 0.480 e. The maximum Gasteiger partial charge on any atom is 0.321 e. The summed E-state index contributed by atoms with van der Waals surface area (Å²) in [7, 11) is 0. The summed E-state index contributed by atoms with van der Waals surface area (Å²) in [6, 6.07) is 6.52. The number of para-hydroxylation sites is 1. The van der Waals surface area contributed by atoms with Crippen LogP contribution in [0.5, 0.6) is 0 Å². The van der Waals surface area contributed by atoms with E-state index in [4.69, 9.17) is 10.8 Å². The second kappa shape index (κ2) is 6.72. The second-order valence-corrected chi connectivity index (χ2v) is 4.74. The summed E-state index contributed by atoms with van der Waals surface area (Å²) in [4.78, 5) is 33.8. The van der Waals surface area contributed by atoms with Gasteiger partial charge in [-0.25, -0.2) is 4.79 Å². The number of amides is 3. The van der Waals surface area contributed by atoms with Crippen LogP contribution in [-0.4, -0.2) is 40.6 Å². The minimum absolute atomic E-state index is 0.124. The van der Waals surface area contributed by atoms with Gasteiger partial charge in [0.05, 0.1) is 6.54 Å². The number of urea groups is 1. The van der Waals surface area contributed by atoms with Crippen LogP contribution >= 0.6 is 0 Å². The Balaban J connectivity index is 0.000000211. The van der Waals surface area contributed by atoms with Crippen molar-refractivity contribution in [2.45, 2.75) is 12.5 Å². The predicted molar refractivity (Wildman–Crippen MR) is 79.2 cm³/mol. The van der Waals surface area contributed by atoms with Crippen molar-refractivity contribution in [2.75, 3.05) is 6.54 Å². The van der Waals surface area contributed by atoms with Crippen LogP contribution in [0.4, 0.5) is 4.79 Å². The molecule has 1 aliphatic heterocycles. The summed E-state index contributed by atoms with van der Waals surface area (Å²) >= 11 is 0. The number of carboxylic acid groups (broad SMARTS) is 1. The van der Waals surface area contributed by atoms with Gasteiger partial charge in [-0.1, -0.05) is 18.2 Å². The minimum atomic E-state index is -0.972. The van der Waals surface area contributed by atoms with Gasteiger partial charge < -0.3 is 21.1 Å². The molecule has 0 radical (unpaired) electrons. The predicted octanol–water partition coefficient (Wildman–Crippen LogP) is -0.0519. The fourth-order valence-electron chi connectivity index (χ4n) is 2.00.